The van der Waals surface area contributed by atoms with Crippen LogP contribution in [0.15, 0.2) is 24.5 Å². The lowest BCUT2D eigenvalue weighted by molar-refractivity contribution is 0.687. The third-order valence-corrected chi connectivity index (χ3v) is 2.42. The number of nitrogen functional groups attached to an aromatic ring is 1. The van der Waals surface area contributed by atoms with E-state index in [9.17, 15) is 0 Å². The average molecular weight is 234 g/mol. The van der Waals surface area contributed by atoms with Crippen molar-refractivity contribution in [2.75, 3.05) is 5.73 Å². The van der Waals surface area contributed by atoms with Crippen molar-refractivity contribution in [3.05, 3.63) is 40.7 Å². The van der Waals surface area contributed by atoms with E-state index >= 15 is 0 Å². The Morgan fingerprint density at radius 3 is 2.88 bits per heavy atom. The highest BCUT2D eigenvalue weighted by atomic mass is 35.5. The molecule has 2 aromatic rings. The molecule has 0 unspecified atom stereocenters. The summed E-state index contributed by atoms with van der Waals surface area (Å²) in [4.78, 5) is 3.81. The Labute approximate surface area is 97.1 Å². The van der Waals surface area contributed by atoms with Crippen molar-refractivity contribution in [2.45, 2.75) is 6.54 Å². The summed E-state index contributed by atoms with van der Waals surface area (Å²) >= 11 is 6.02. The van der Waals surface area contributed by atoms with Gasteiger partial charge in [0.25, 0.3) is 0 Å². The molecular formula is C10H8ClN5. The number of benzene rings is 1. The number of nitrogens with zero attached hydrogens (tertiary/aromatic N) is 4. The molecule has 0 saturated heterocycles. The molecule has 0 aliphatic carbocycles. The van der Waals surface area contributed by atoms with Crippen LogP contribution in [0.3, 0.4) is 0 Å². The Balaban J connectivity index is 2.26. The Hall–Kier alpha value is -2.06. The molecule has 0 bridgehead atoms. The van der Waals surface area contributed by atoms with E-state index < -0.39 is 0 Å². The molecule has 0 amide bonds. The second kappa shape index (κ2) is 4.21. The number of anilines is 1. The van der Waals surface area contributed by atoms with Gasteiger partial charge in [0, 0.05) is 5.02 Å². The fourth-order valence-corrected chi connectivity index (χ4v) is 1.55. The van der Waals surface area contributed by atoms with Crippen LogP contribution < -0.4 is 5.73 Å². The monoisotopic (exact) mass is 233 g/mol. The molecule has 6 heteroatoms. The summed E-state index contributed by atoms with van der Waals surface area (Å²) in [5, 5.41) is 13.2. The largest absolute Gasteiger partial charge is 0.367 e. The molecule has 2 rings (SSSR count). The molecule has 16 heavy (non-hydrogen) atoms. The van der Waals surface area contributed by atoms with Crippen LogP contribution in [0.25, 0.3) is 0 Å². The van der Waals surface area contributed by atoms with Gasteiger partial charge in [-0.2, -0.15) is 5.26 Å². The van der Waals surface area contributed by atoms with Gasteiger partial charge < -0.3 is 5.73 Å². The lowest BCUT2D eigenvalue weighted by Gasteiger charge is -2.03. The molecule has 0 aliphatic rings. The van der Waals surface area contributed by atoms with E-state index in [2.05, 4.69) is 10.1 Å². The Morgan fingerprint density at radius 2 is 2.31 bits per heavy atom. The number of hydrogen-bond donors (Lipinski definition) is 1. The highest BCUT2D eigenvalue weighted by Gasteiger charge is 2.04. The summed E-state index contributed by atoms with van der Waals surface area (Å²) in [6.07, 6.45) is 1.53. The Bertz CT molecular complexity index is 555. The molecule has 0 aliphatic heterocycles. The summed E-state index contributed by atoms with van der Waals surface area (Å²) in [6.45, 7) is 0.481. The molecule has 0 fully saturated rings. The molecule has 0 spiro atoms. The third kappa shape index (κ3) is 2.12. The highest BCUT2D eigenvalue weighted by Crippen LogP contribution is 2.18. The first-order valence-corrected chi connectivity index (χ1v) is 4.90. The van der Waals surface area contributed by atoms with Crippen molar-refractivity contribution >= 4 is 17.5 Å². The molecule has 5 nitrogen and oxygen atoms in total. The molecule has 0 saturated carbocycles. The number of hydrogen-bond acceptors (Lipinski definition) is 4. The zero-order valence-corrected chi connectivity index (χ0v) is 9.02. The number of aromatic nitrogens is 3. The molecule has 2 N–H and O–H groups in total. The zero-order valence-electron chi connectivity index (χ0n) is 8.26. The van der Waals surface area contributed by atoms with Crippen LogP contribution in [-0.2, 0) is 6.54 Å². The fourth-order valence-electron chi connectivity index (χ4n) is 1.30. The fraction of sp³-hybridized carbons (Fsp3) is 0.100. The highest BCUT2D eigenvalue weighted by molar-refractivity contribution is 6.31. The minimum Gasteiger partial charge on any atom is -0.367 e. The molecule has 0 atom stereocenters. The first-order valence-electron chi connectivity index (χ1n) is 4.52. The SMILES string of the molecule is N#Cc1ccc(Cn2cnc(N)n2)c(Cl)c1. The Morgan fingerprint density at radius 1 is 1.50 bits per heavy atom. The standard InChI is InChI=1S/C10H8ClN5/c11-9-3-7(4-12)1-2-8(9)5-16-6-14-10(13)15-16/h1-3,6H,5H2,(H2,13,15). The van der Waals surface area contributed by atoms with E-state index in [1.165, 1.54) is 6.33 Å². The van der Waals surface area contributed by atoms with Crippen LogP contribution in [0.1, 0.15) is 11.1 Å². The first-order chi connectivity index (χ1) is 7.69. The summed E-state index contributed by atoms with van der Waals surface area (Å²) in [5.41, 5.74) is 6.80. The van der Waals surface area contributed by atoms with Gasteiger partial charge in [0.15, 0.2) is 0 Å². The zero-order chi connectivity index (χ0) is 11.5. The normalized spacial score (nSPS) is 10.0. The maximum absolute atomic E-state index is 8.69. The summed E-state index contributed by atoms with van der Waals surface area (Å²) in [7, 11) is 0. The van der Waals surface area contributed by atoms with Crippen molar-refractivity contribution in [3.63, 3.8) is 0 Å². The number of nitrogens with two attached hydrogens (primary N) is 1. The first kappa shape index (κ1) is 10.5. The van der Waals surface area contributed by atoms with Gasteiger partial charge >= 0.3 is 0 Å². The van der Waals surface area contributed by atoms with Gasteiger partial charge in [-0.15, -0.1) is 5.10 Å². The quantitative estimate of drug-likeness (QED) is 0.851. The summed E-state index contributed by atoms with van der Waals surface area (Å²) in [6, 6.07) is 7.15. The van der Waals surface area contributed by atoms with Crippen molar-refractivity contribution in [2.24, 2.45) is 0 Å². The van der Waals surface area contributed by atoms with E-state index in [1.807, 2.05) is 6.07 Å². The van der Waals surface area contributed by atoms with Gasteiger partial charge in [-0.25, -0.2) is 9.67 Å². The smallest absolute Gasteiger partial charge is 0.239 e. The summed E-state index contributed by atoms with van der Waals surface area (Å²) in [5.74, 6) is 0.227. The van der Waals surface area contributed by atoms with Crippen molar-refractivity contribution in [3.8, 4) is 6.07 Å². The molecule has 1 aromatic heterocycles. The second-order valence-corrected chi connectivity index (χ2v) is 3.63. The van der Waals surface area contributed by atoms with Gasteiger partial charge in [0.05, 0.1) is 18.2 Å². The topological polar surface area (TPSA) is 80.5 Å². The van der Waals surface area contributed by atoms with Gasteiger partial charge in [0.1, 0.15) is 6.33 Å². The number of halogens is 1. The lowest BCUT2D eigenvalue weighted by Crippen LogP contribution is -2.01. The van der Waals surface area contributed by atoms with Crippen molar-refractivity contribution in [1.82, 2.24) is 14.8 Å². The van der Waals surface area contributed by atoms with Crippen molar-refractivity contribution < 1.29 is 0 Å². The van der Waals surface area contributed by atoms with Gasteiger partial charge in [-0.3, -0.25) is 0 Å². The second-order valence-electron chi connectivity index (χ2n) is 3.22. The molecule has 80 valence electrons. The molecule has 0 radical (unpaired) electrons. The number of rotatable bonds is 2. The molecular weight excluding hydrogens is 226 g/mol. The minimum absolute atomic E-state index is 0.227. The van der Waals surface area contributed by atoms with Crippen LogP contribution in [0.5, 0.6) is 0 Å². The predicted octanol–water partition coefficient (Wildman–Crippen LogP) is 1.43. The average Bonchev–Trinajstić information content (AvgIpc) is 2.67. The van der Waals surface area contributed by atoms with Crippen LogP contribution in [0, 0.1) is 11.3 Å². The summed E-state index contributed by atoms with van der Waals surface area (Å²) < 4.78 is 1.59. The van der Waals surface area contributed by atoms with E-state index in [-0.39, 0.29) is 5.95 Å². The van der Waals surface area contributed by atoms with Crippen LogP contribution >= 0.6 is 11.6 Å². The van der Waals surface area contributed by atoms with E-state index in [1.54, 1.807) is 22.9 Å². The van der Waals surface area contributed by atoms with Crippen LogP contribution in [-0.4, -0.2) is 14.8 Å². The molecule has 1 heterocycles. The van der Waals surface area contributed by atoms with E-state index in [0.29, 0.717) is 17.1 Å². The minimum atomic E-state index is 0.227. The van der Waals surface area contributed by atoms with Gasteiger partial charge in [-0.1, -0.05) is 17.7 Å². The number of nitriles is 1. The maximum Gasteiger partial charge on any atom is 0.239 e. The molecule has 1 aromatic carbocycles. The van der Waals surface area contributed by atoms with Crippen LogP contribution in [0.4, 0.5) is 5.95 Å². The third-order valence-electron chi connectivity index (χ3n) is 2.07. The Kier molecular flexibility index (Phi) is 2.75. The maximum atomic E-state index is 8.69. The van der Waals surface area contributed by atoms with Crippen molar-refractivity contribution in [1.29, 1.82) is 5.26 Å². The van der Waals surface area contributed by atoms with E-state index in [4.69, 9.17) is 22.6 Å². The lowest BCUT2D eigenvalue weighted by atomic mass is 10.1. The van der Waals surface area contributed by atoms with E-state index in [0.717, 1.165) is 5.56 Å². The van der Waals surface area contributed by atoms with Gasteiger partial charge in [-0.05, 0) is 17.7 Å². The van der Waals surface area contributed by atoms with Gasteiger partial charge in [0.2, 0.25) is 5.95 Å². The predicted molar refractivity (Wildman–Crippen MR) is 59.7 cm³/mol. The van der Waals surface area contributed by atoms with Crippen LogP contribution in [0.2, 0.25) is 5.02 Å².